The number of hydrogen-bond acceptors (Lipinski definition) is 2. The van der Waals surface area contributed by atoms with Crippen LogP contribution in [0.15, 0.2) is 24.3 Å². The average molecular weight is 252 g/mol. The highest BCUT2D eigenvalue weighted by Crippen LogP contribution is 2.26. The van der Waals surface area contributed by atoms with Crippen LogP contribution in [0.3, 0.4) is 0 Å². The summed E-state index contributed by atoms with van der Waals surface area (Å²) in [7, 11) is 0. The van der Waals surface area contributed by atoms with Gasteiger partial charge in [0, 0.05) is 12.5 Å². The van der Waals surface area contributed by atoms with Crippen LogP contribution in [0.2, 0.25) is 0 Å². The second-order valence-electron chi connectivity index (χ2n) is 4.97. The van der Waals surface area contributed by atoms with Gasteiger partial charge in [0.2, 0.25) is 0 Å². The van der Waals surface area contributed by atoms with Crippen LogP contribution in [0.25, 0.3) is 0 Å². The fraction of sp³-hybridized carbons (Fsp3) is 0.600. The summed E-state index contributed by atoms with van der Waals surface area (Å²) in [6.45, 7) is 0.883. The molecule has 2 atom stereocenters. The summed E-state index contributed by atoms with van der Waals surface area (Å²) >= 11 is 0. The van der Waals surface area contributed by atoms with Crippen molar-refractivity contribution < 1.29 is 14.2 Å². The van der Waals surface area contributed by atoms with E-state index in [4.69, 9.17) is 4.74 Å². The Balaban J connectivity index is 1.83. The number of halogens is 1. The SMILES string of the molecule is OCC(CCCC1CCCO1)c1ccccc1F. The number of rotatable bonds is 6. The molecule has 1 saturated heterocycles. The number of benzene rings is 1. The van der Waals surface area contributed by atoms with Crippen molar-refractivity contribution >= 4 is 0 Å². The highest BCUT2D eigenvalue weighted by Gasteiger charge is 2.18. The van der Waals surface area contributed by atoms with E-state index in [1.807, 2.05) is 6.07 Å². The van der Waals surface area contributed by atoms with Gasteiger partial charge >= 0.3 is 0 Å². The molecule has 2 unspecified atom stereocenters. The van der Waals surface area contributed by atoms with Crippen LogP contribution in [-0.4, -0.2) is 24.4 Å². The molecule has 3 heteroatoms. The van der Waals surface area contributed by atoms with E-state index >= 15 is 0 Å². The van der Waals surface area contributed by atoms with E-state index in [2.05, 4.69) is 0 Å². The van der Waals surface area contributed by atoms with Gasteiger partial charge in [0.15, 0.2) is 0 Å². The molecule has 0 amide bonds. The molecule has 100 valence electrons. The van der Waals surface area contributed by atoms with E-state index < -0.39 is 0 Å². The zero-order chi connectivity index (χ0) is 12.8. The quantitative estimate of drug-likeness (QED) is 0.842. The van der Waals surface area contributed by atoms with Crippen molar-refractivity contribution in [3.8, 4) is 0 Å². The molecule has 1 heterocycles. The van der Waals surface area contributed by atoms with Crippen molar-refractivity contribution in [2.45, 2.75) is 44.1 Å². The maximum absolute atomic E-state index is 13.6. The van der Waals surface area contributed by atoms with Crippen molar-refractivity contribution in [2.24, 2.45) is 0 Å². The summed E-state index contributed by atoms with van der Waals surface area (Å²) in [5.41, 5.74) is 0.632. The van der Waals surface area contributed by atoms with Crippen molar-refractivity contribution in [2.75, 3.05) is 13.2 Å². The molecule has 2 nitrogen and oxygen atoms in total. The van der Waals surface area contributed by atoms with Gasteiger partial charge in [-0.15, -0.1) is 0 Å². The molecule has 0 aliphatic carbocycles. The molecule has 1 aliphatic heterocycles. The van der Waals surface area contributed by atoms with Crippen LogP contribution in [0.4, 0.5) is 4.39 Å². The molecule has 1 aromatic rings. The van der Waals surface area contributed by atoms with Gasteiger partial charge < -0.3 is 9.84 Å². The Morgan fingerprint density at radius 2 is 2.22 bits per heavy atom. The maximum Gasteiger partial charge on any atom is 0.126 e. The molecule has 1 fully saturated rings. The van der Waals surface area contributed by atoms with E-state index in [1.165, 1.54) is 6.07 Å². The maximum atomic E-state index is 13.6. The monoisotopic (exact) mass is 252 g/mol. The summed E-state index contributed by atoms with van der Waals surface area (Å²) in [6, 6.07) is 6.72. The molecule has 0 aromatic heterocycles. The Labute approximate surface area is 108 Å². The Kier molecular flexibility index (Phi) is 5.14. The molecule has 1 aliphatic rings. The van der Waals surface area contributed by atoms with Gasteiger partial charge in [-0.1, -0.05) is 24.6 Å². The van der Waals surface area contributed by atoms with E-state index in [0.29, 0.717) is 11.7 Å². The molecular weight excluding hydrogens is 231 g/mol. The smallest absolute Gasteiger partial charge is 0.126 e. The zero-order valence-corrected chi connectivity index (χ0v) is 10.6. The van der Waals surface area contributed by atoms with E-state index in [1.54, 1.807) is 12.1 Å². The lowest BCUT2D eigenvalue weighted by atomic mass is 9.93. The van der Waals surface area contributed by atoms with E-state index in [0.717, 1.165) is 38.7 Å². The van der Waals surface area contributed by atoms with Gasteiger partial charge in [-0.05, 0) is 37.3 Å². The largest absolute Gasteiger partial charge is 0.396 e. The van der Waals surface area contributed by atoms with Gasteiger partial charge in [0.05, 0.1) is 12.7 Å². The molecule has 0 bridgehead atoms. The highest BCUT2D eigenvalue weighted by molar-refractivity contribution is 5.21. The lowest BCUT2D eigenvalue weighted by Crippen LogP contribution is -2.09. The van der Waals surface area contributed by atoms with Gasteiger partial charge in [-0.3, -0.25) is 0 Å². The minimum absolute atomic E-state index is 0.00641. The van der Waals surface area contributed by atoms with Crippen LogP contribution in [-0.2, 0) is 4.74 Å². The third-order valence-electron chi connectivity index (χ3n) is 3.67. The van der Waals surface area contributed by atoms with Gasteiger partial charge in [-0.25, -0.2) is 4.39 Å². The Morgan fingerprint density at radius 1 is 1.39 bits per heavy atom. The van der Waals surface area contributed by atoms with Crippen LogP contribution in [0.5, 0.6) is 0 Å². The zero-order valence-electron chi connectivity index (χ0n) is 10.6. The first-order valence-corrected chi connectivity index (χ1v) is 6.78. The lowest BCUT2D eigenvalue weighted by molar-refractivity contribution is 0.101. The topological polar surface area (TPSA) is 29.5 Å². The molecule has 1 N–H and O–H groups in total. The normalized spacial score (nSPS) is 21.1. The van der Waals surface area contributed by atoms with Crippen LogP contribution < -0.4 is 0 Å². The summed E-state index contributed by atoms with van der Waals surface area (Å²) in [6.07, 6.45) is 5.49. The molecular formula is C15H21FO2. The summed E-state index contributed by atoms with van der Waals surface area (Å²) in [4.78, 5) is 0. The predicted octanol–water partition coefficient (Wildman–Crippen LogP) is 3.25. The third kappa shape index (κ3) is 3.53. The minimum Gasteiger partial charge on any atom is -0.396 e. The molecule has 0 spiro atoms. The number of hydrogen-bond donors (Lipinski definition) is 1. The summed E-state index contributed by atoms with van der Waals surface area (Å²) in [5, 5.41) is 9.40. The van der Waals surface area contributed by atoms with Gasteiger partial charge in [0.25, 0.3) is 0 Å². The third-order valence-corrected chi connectivity index (χ3v) is 3.67. The number of aliphatic hydroxyl groups excluding tert-OH is 1. The van der Waals surface area contributed by atoms with Crippen LogP contribution >= 0.6 is 0 Å². The summed E-state index contributed by atoms with van der Waals surface area (Å²) < 4.78 is 19.2. The summed E-state index contributed by atoms with van der Waals surface area (Å²) in [5.74, 6) is -0.304. The lowest BCUT2D eigenvalue weighted by Gasteiger charge is -2.16. The Morgan fingerprint density at radius 3 is 2.89 bits per heavy atom. The second kappa shape index (κ2) is 6.86. The predicted molar refractivity (Wildman–Crippen MR) is 69.1 cm³/mol. The highest BCUT2D eigenvalue weighted by atomic mass is 19.1. The van der Waals surface area contributed by atoms with Crippen molar-refractivity contribution in [3.63, 3.8) is 0 Å². The molecule has 1 aromatic carbocycles. The van der Waals surface area contributed by atoms with Gasteiger partial charge in [-0.2, -0.15) is 0 Å². The second-order valence-corrected chi connectivity index (χ2v) is 4.97. The fourth-order valence-corrected chi connectivity index (χ4v) is 2.62. The fourth-order valence-electron chi connectivity index (χ4n) is 2.62. The first kappa shape index (κ1) is 13.5. The van der Waals surface area contributed by atoms with E-state index in [-0.39, 0.29) is 18.3 Å². The minimum atomic E-state index is -0.214. The van der Waals surface area contributed by atoms with Gasteiger partial charge in [0.1, 0.15) is 5.82 Å². The van der Waals surface area contributed by atoms with Crippen molar-refractivity contribution in [3.05, 3.63) is 35.6 Å². The molecule has 2 rings (SSSR count). The molecule has 0 saturated carbocycles. The van der Waals surface area contributed by atoms with Crippen molar-refractivity contribution in [1.82, 2.24) is 0 Å². The van der Waals surface area contributed by atoms with Crippen molar-refractivity contribution in [1.29, 1.82) is 0 Å². The first-order chi connectivity index (χ1) is 8.81. The molecule has 18 heavy (non-hydrogen) atoms. The Bertz CT molecular complexity index is 361. The van der Waals surface area contributed by atoms with Crippen LogP contribution in [0.1, 0.15) is 43.6 Å². The molecule has 0 radical (unpaired) electrons. The standard InChI is InChI=1S/C15H21FO2/c16-15-9-2-1-8-14(15)12(11-17)5-3-6-13-7-4-10-18-13/h1-2,8-9,12-13,17H,3-7,10-11H2. The number of ether oxygens (including phenoxy) is 1. The Hall–Kier alpha value is -0.930. The van der Waals surface area contributed by atoms with E-state index in [9.17, 15) is 9.50 Å². The van der Waals surface area contributed by atoms with Crippen LogP contribution in [0, 0.1) is 5.82 Å². The number of aliphatic hydroxyl groups is 1. The average Bonchev–Trinajstić information content (AvgIpc) is 2.89. The first-order valence-electron chi connectivity index (χ1n) is 6.78.